The Morgan fingerprint density at radius 2 is 0.826 bits per heavy atom. The smallest absolute Gasteiger partial charge is 0.0547 e. The number of hydrogen-bond acceptors (Lipinski definition) is 2. The molecule has 0 aliphatic carbocycles. The Bertz CT molecular complexity index is 4010. The van der Waals surface area contributed by atoms with Crippen molar-refractivity contribution in [2.75, 3.05) is 4.90 Å². The van der Waals surface area contributed by atoms with Gasteiger partial charge in [0.2, 0.25) is 0 Å². The summed E-state index contributed by atoms with van der Waals surface area (Å²) in [4.78, 5) is 2.45. The lowest BCUT2D eigenvalue weighted by Gasteiger charge is -2.29. The SMILES string of the molecule is c1ccc(-c2ccccc2-c2ccccc2-c2ccccc2N(c2ccc(-c3cccc4c3sc3ccccc34)cc2)c2cccc(-c3cccc4c3c3ccccc3n4-c3ccccc3)c2)cc1. The second kappa shape index (κ2) is 17.2. The average molecular weight is 897 g/mol. The van der Waals surface area contributed by atoms with Gasteiger partial charge in [0, 0.05) is 53.6 Å². The van der Waals surface area contributed by atoms with E-state index >= 15 is 0 Å². The third-order valence-corrected chi connectivity index (χ3v) is 14.9. The third kappa shape index (κ3) is 7.02. The summed E-state index contributed by atoms with van der Waals surface area (Å²) >= 11 is 1.87. The summed E-state index contributed by atoms with van der Waals surface area (Å²) in [5.74, 6) is 0. The van der Waals surface area contributed by atoms with Crippen LogP contribution in [0, 0.1) is 0 Å². The lowest BCUT2D eigenvalue weighted by molar-refractivity contribution is 1.18. The molecule has 13 aromatic rings. The molecule has 0 aliphatic rings. The molecule has 0 aliphatic heterocycles. The molecule has 2 nitrogen and oxygen atoms in total. The van der Waals surface area contributed by atoms with E-state index in [0.717, 1.165) is 33.9 Å². The molecule has 3 heteroatoms. The van der Waals surface area contributed by atoms with E-state index in [-0.39, 0.29) is 0 Å². The van der Waals surface area contributed by atoms with Gasteiger partial charge >= 0.3 is 0 Å². The van der Waals surface area contributed by atoms with Crippen molar-refractivity contribution in [2.24, 2.45) is 0 Å². The van der Waals surface area contributed by atoms with Crippen molar-refractivity contribution in [1.82, 2.24) is 4.57 Å². The Balaban J connectivity index is 1.00. The molecule has 13 rings (SSSR count). The van der Waals surface area contributed by atoms with Gasteiger partial charge in [-0.15, -0.1) is 11.3 Å². The summed E-state index contributed by atoms with van der Waals surface area (Å²) in [5.41, 5.74) is 18.7. The summed E-state index contributed by atoms with van der Waals surface area (Å²) in [6, 6.07) is 97.4. The first-order valence-electron chi connectivity index (χ1n) is 23.6. The molecule has 0 radical (unpaired) electrons. The van der Waals surface area contributed by atoms with E-state index in [0.29, 0.717) is 0 Å². The van der Waals surface area contributed by atoms with Crippen molar-refractivity contribution < 1.29 is 0 Å². The zero-order valence-corrected chi connectivity index (χ0v) is 38.5. The van der Waals surface area contributed by atoms with Crippen LogP contribution in [0.4, 0.5) is 17.1 Å². The van der Waals surface area contributed by atoms with Crippen molar-refractivity contribution in [1.29, 1.82) is 0 Å². The predicted molar refractivity (Wildman–Crippen MR) is 296 cm³/mol. The highest BCUT2D eigenvalue weighted by Gasteiger charge is 2.22. The molecule has 11 aromatic carbocycles. The summed E-state index contributed by atoms with van der Waals surface area (Å²) in [5, 5.41) is 5.09. The number of fused-ring (bicyclic) bond motifs is 6. The van der Waals surface area contributed by atoms with Crippen LogP contribution in [0.5, 0.6) is 0 Å². The average Bonchev–Trinajstić information content (AvgIpc) is 3.98. The number of rotatable bonds is 9. The summed E-state index contributed by atoms with van der Waals surface area (Å²) in [6.07, 6.45) is 0. The number of nitrogens with zero attached hydrogens (tertiary/aromatic N) is 2. The van der Waals surface area contributed by atoms with Gasteiger partial charge in [-0.05, 0) is 111 Å². The molecule has 0 saturated carbocycles. The van der Waals surface area contributed by atoms with E-state index in [1.807, 2.05) is 11.3 Å². The lowest BCUT2D eigenvalue weighted by Crippen LogP contribution is -2.11. The van der Waals surface area contributed by atoms with Crippen LogP contribution >= 0.6 is 11.3 Å². The van der Waals surface area contributed by atoms with Gasteiger partial charge in [0.25, 0.3) is 0 Å². The van der Waals surface area contributed by atoms with E-state index in [1.165, 1.54) is 86.5 Å². The molecule has 0 N–H and O–H groups in total. The Morgan fingerprint density at radius 1 is 0.304 bits per heavy atom. The van der Waals surface area contributed by atoms with Crippen molar-refractivity contribution in [3.05, 3.63) is 267 Å². The molecule has 0 atom stereocenters. The molecule has 0 amide bonds. The molecule has 0 saturated heterocycles. The van der Waals surface area contributed by atoms with E-state index in [2.05, 4.69) is 276 Å². The maximum Gasteiger partial charge on any atom is 0.0547 e. The zero-order valence-electron chi connectivity index (χ0n) is 37.7. The van der Waals surface area contributed by atoms with Crippen molar-refractivity contribution in [2.45, 2.75) is 0 Å². The largest absolute Gasteiger partial charge is 0.310 e. The van der Waals surface area contributed by atoms with Crippen molar-refractivity contribution >= 4 is 70.4 Å². The molecule has 2 aromatic heterocycles. The Kier molecular flexibility index (Phi) is 10.1. The number of aromatic nitrogens is 1. The van der Waals surface area contributed by atoms with Crippen LogP contribution in [-0.4, -0.2) is 4.57 Å². The first kappa shape index (κ1) is 40.5. The van der Waals surface area contributed by atoms with Crippen LogP contribution in [0.25, 0.3) is 103 Å². The maximum atomic E-state index is 2.45. The topological polar surface area (TPSA) is 8.17 Å². The molecule has 0 fully saturated rings. The second-order valence-corrected chi connectivity index (χ2v) is 18.6. The summed E-state index contributed by atoms with van der Waals surface area (Å²) in [7, 11) is 0. The molecule has 0 spiro atoms. The standard InChI is InChI=1S/C66H44N2S/c1-3-20-45(21-4-1)51-26-7-8-27-54(51)55-28-9-10-29-56(55)57-30-11-14-36-61(57)67(49-42-40-46(41-43-49)53-34-18-35-59-58-31-13-16-39-64(58)69-66(53)59)50-25-17-22-47(44-50)52-33-19-38-63-65(52)60-32-12-15-37-62(60)68(63)48-23-5-2-6-24-48/h1-44H. The van der Waals surface area contributed by atoms with Gasteiger partial charge in [0.15, 0.2) is 0 Å². The highest BCUT2D eigenvalue weighted by atomic mass is 32.1. The highest BCUT2D eigenvalue weighted by molar-refractivity contribution is 7.26. The minimum absolute atomic E-state index is 1.07. The van der Waals surface area contributed by atoms with Gasteiger partial charge in [-0.3, -0.25) is 0 Å². The Morgan fingerprint density at radius 3 is 1.62 bits per heavy atom. The highest BCUT2D eigenvalue weighted by Crippen LogP contribution is 2.48. The van der Waals surface area contributed by atoms with Crippen LogP contribution in [0.2, 0.25) is 0 Å². The van der Waals surface area contributed by atoms with E-state index in [4.69, 9.17) is 0 Å². The Labute approximate surface area is 405 Å². The monoisotopic (exact) mass is 896 g/mol. The van der Waals surface area contributed by atoms with E-state index in [9.17, 15) is 0 Å². The van der Waals surface area contributed by atoms with Gasteiger partial charge in [-0.25, -0.2) is 0 Å². The molecule has 69 heavy (non-hydrogen) atoms. The van der Waals surface area contributed by atoms with Crippen LogP contribution < -0.4 is 4.90 Å². The van der Waals surface area contributed by atoms with Crippen LogP contribution in [0.1, 0.15) is 0 Å². The fraction of sp³-hybridized carbons (Fsp3) is 0. The minimum Gasteiger partial charge on any atom is -0.310 e. The number of anilines is 3. The number of para-hydroxylation sites is 3. The fourth-order valence-corrected chi connectivity index (χ4v) is 11.8. The first-order valence-corrected chi connectivity index (χ1v) is 24.4. The molecule has 0 unspecified atom stereocenters. The molecule has 324 valence electrons. The number of benzene rings is 11. The van der Waals surface area contributed by atoms with Crippen LogP contribution in [0.3, 0.4) is 0 Å². The summed E-state index contributed by atoms with van der Waals surface area (Å²) in [6.45, 7) is 0. The van der Waals surface area contributed by atoms with Crippen LogP contribution in [0.15, 0.2) is 267 Å². The number of hydrogen-bond donors (Lipinski definition) is 0. The Hall–Kier alpha value is -8.76. The van der Waals surface area contributed by atoms with Gasteiger partial charge in [0.1, 0.15) is 0 Å². The van der Waals surface area contributed by atoms with Gasteiger partial charge in [-0.1, -0.05) is 206 Å². The maximum absolute atomic E-state index is 2.45. The van der Waals surface area contributed by atoms with Gasteiger partial charge in [0.05, 0.1) is 16.7 Å². The molecular formula is C66H44N2S. The second-order valence-electron chi connectivity index (χ2n) is 17.6. The van der Waals surface area contributed by atoms with Crippen molar-refractivity contribution in [3.63, 3.8) is 0 Å². The summed E-state index contributed by atoms with van der Waals surface area (Å²) < 4.78 is 5.03. The number of thiophene rings is 1. The molecular weight excluding hydrogens is 853 g/mol. The third-order valence-electron chi connectivity index (χ3n) is 13.6. The fourth-order valence-electron chi connectivity index (χ4n) is 10.6. The minimum atomic E-state index is 1.07. The lowest BCUT2D eigenvalue weighted by atomic mass is 9.88. The molecule has 2 heterocycles. The van der Waals surface area contributed by atoms with Crippen LogP contribution in [-0.2, 0) is 0 Å². The predicted octanol–water partition coefficient (Wildman–Crippen LogP) is 19.0. The van der Waals surface area contributed by atoms with Gasteiger partial charge in [-0.2, -0.15) is 0 Å². The molecule has 0 bridgehead atoms. The first-order chi connectivity index (χ1) is 34.3. The zero-order chi connectivity index (χ0) is 45.7. The normalized spacial score (nSPS) is 11.5. The quantitative estimate of drug-likeness (QED) is 0.140. The van der Waals surface area contributed by atoms with E-state index < -0.39 is 0 Å². The van der Waals surface area contributed by atoms with Crippen molar-refractivity contribution in [3.8, 4) is 61.3 Å². The van der Waals surface area contributed by atoms with Gasteiger partial charge < -0.3 is 9.47 Å². The van der Waals surface area contributed by atoms with E-state index in [1.54, 1.807) is 0 Å².